The summed E-state index contributed by atoms with van der Waals surface area (Å²) < 4.78 is 0. The van der Waals surface area contributed by atoms with Crippen LogP contribution in [0.4, 0.5) is 0 Å². The minimum Gasteiger partial charge on any atom is -0.268 e. The van der Waals surface area contributed by atoms with Gasteiger partial charge in [-0.05, 0) is 34.7 Å². The van der Waals surface area contributed by atoms with Crippen molar-refractivity contribution in [2.75, 3.05) is 0 Å². The van der Waals surface area contributed by atoms with Gasteiger partial charge in [-0.1, -0.05) is 85.8 Å². The summed E-state index contributed by atoms with van der Waals surface area (Å²) in [6.45, 7) is 2.93. The monoisotopic (exact) mass is 316 g/mol. The van der Waals surface area contributed by atoms with Gasteiger partial charge in [0.1, 0.15) is 0 Å². The Hall–Kier alpha value is -2.42. The van der Waals surface area contributed by atoms with E-state index in [9.17, 15) is 0 Å². The zero-order valence-corrected chi connectivity index (χ0v) is 14.1. The Balaban J connectivity index is 1.83. The molecule has 3 aromatic rings. The normalized spacial score (nSPS) is 12.3. The summed E-state index contributed by atoms with van der Waals surface area (Å²) in [6, 6.07) is 29.8. The molecule has 3 rings (SSSR count). The molecule has 0 saturated heterocycles. The van der Waals surface area contributed by atoms with E-state index in [-0.39, 0.29) is 6.04 Å². The summed E-state index contributed by atoms with van der Waals surface area (Å²) in [5, 5.41) is 1.94. The van der Waals surface area contributed by atoms with Gasteiger partial charge in [0, 0.05) is 12.6 Å². The summed E-state index contributed by atoms with van der Waals surface area (Å²) in [6.07, 6.45) is 0.974. The first-order valence-corrected chi connectivity index (χ1v) is 8.48. The van der Waals surface area contributed by atoms with Crippen molar-refractivity contribution in [3.05, 3.63) is 96.1 Å². The second-order valence-electron chi connectivity index (χ2n) is 6.07. The number of hydrazine groups is 1. The van der Waals surface area contributed by atoms with Crippen LogP contribution in [0.1, 0.15) is 30.5 Å². The molecule has 0 radical (unpaired) electrons. The Kier molecular flexibility index (Phi) is 5.42. The zero-order chi connectivity index (χ0) is 16.8. The molecule has 2 N–H and O–H groups in total. The van der Waals surface area contributed by atoms with Crippen LogP contribution in [-0.4, -0.2) is 5.01 Å². The third-order valence-corrected chi connectivity index (χ3v) is 4.37. The Morgan fingerprint density at radius 3 is 2.08 bits per heavy atom. The van der Waals surface area contributed by atoms with Gasteiger partial charge in [0.2, 0.25) is 0 Å². The molecule has 0 spiro atoms. The van der Waals surface area contributed by atoms with E-state index in [4.69, 9.17) is 5.84 Å². The lowest BCUT2D eigenvalue weighted by atomic mass is 9.97. The molecule has 1 atom stereocenters. The van der Waals surface area contributed by atoms with Crippen molar-refractivity contribution in [1.29, 1.82) is 0 Å². The van der Waals surface area contributed by atoms with E-state index in [0.29, 0.717) is 0 Å². The summed E-state index contributed by atoms with van der Waals surface area (Å²) in [5.74, 6) is 6.41. The molecule has 122 valence electrons. The second-order valence-corrected chi connectivity index (χ2v) is 6.07. The fourth-order valence-electron chi connectivity index (χ4n) is 3.12. The highest BCUT2D eigenvalue weighted by Gasteiger charge is 2.16. The van der Waals surface area contributed by atoms with Crippen LogP contribution < -0.4 is 5.84 Å². The predicted octanol–water partition coefficient (Wildman–Crippen LogP) is 5.18. The highest BCUT2D eigenvalue weighted by molar-refractivity contribution is 5.64. The fourth-order valence-corrected chi connectivity index (χ4v) is 3.12. The van der Waals surface area contributed by atoms with E-state index in [1.807, 2.05) is 17.1 Å². The molecule has 0 fully saturated rings. The van der Waals surface area contributed by atoms with E-state index in [1.54, 1.807) is 0 Å². The first kappa shape index (κ1) is 16.4. The van der Waals surface area contributed by atoms with Crippen LogP contribution in [0.15, 0.2) is 84.9 Å². The third-order valence-electron chi connectivity index (χ3n) is 4.37. The molecular formula is C22H24N2. The maximum absolute atomic E-state index is 6.41. The molecule has 0 bridgehead atoms. The number of nitrogens with zero attached hydrogens (tertiary/aromatic N) is 1. The third kappa shape index (κ3) is 3.91. The van der Waals surface area contributed by atoms with Crippen LogP contribution in [-0.2, 0) is 6.54 Å². The van der Waals surface area contributed by atoms with E-state index in [1.165, 1.54) is 22.3 Å². The van der Waals surface area contributed by atoms with E-state index in [0.717, 1.165) is 13.0 Å². The largest absolute Gasteiger partial charge is 0.268 e. The molecule has 0 aliphatic rings. The standard InChI is InChI=1S/C22H24N2/c1-2-22(24(23)17-18-10-5-3-6-11-18)21-15-9-14-20(16-21)19-12-7-4-8-13-19/h3-16,22H,2,17,23H2,1H3. The molecule has 1 unspecified atom stereocenters. The lowest BCUT2D eigenvalue weighted by Crippen LogP contribution is -2.34. The van der Waals surface area contributed by atoms with Crippen LogP contribution in [0.3, 0.4) is 0 Å². The number of nitrogens with two attached hydrogens (primary N) is 1. The lowest BCUT2D eigenvalue weighted by molar-refractivity contribution is 0.187. The van der Waals surface area contributed by atoms with Crippen LogP contribution in [0.5, 0.6) is 0 Å². The topological polar surface area (TPSA) is 29.3 Å². The average molecular weight is 316 g/mol. The van der Waals surface area contributed by atoms with Gasteiger partial charge < -0.3 is 0 Å². The predicted molar refractivity (Wildman–Crippen MR) is 101 cm³/mol. The summed E-state index contributed by atoms with van der Waals surface area (Å²) in [5.41, 5.74) is 4.97. The smallest absolute Gasteiger partial charge is 0.0491 e. The highest BCUT2D eigenvalue weighted by atomic mass is 15.4. The molecule has 3 aromatic carbocycles. The molecule has 24 heavy (non-hydrogen) atoms. The van der Waals surface area contributed by atoms with Crippen LogP contribution >= 0.6 is 0 Å². The summed E-state index contributed by atoms with van der Waals surface area (Å²) >= 11 is 0. The van der Waals surface area contributed by atoms with Crippen LogP contribution in [0.25, 0.3) is 11.1 Å². The Morgan fingerprint density at radius 2 is 1.42 bits per heavy atom. The Labute approximate surface area is 144 Å². The van der Waals surface area contributed by atoms with Crippen LogP contribution in [0, 0.1) is 0 Å². The average Bonchev–Trinajstić information content (AvgIpc) is 2.64. The molecule has 2 heteroatoms. The molecule has 0 aliphatic heterocycles. The van der Waals surface area contributed by atoms with Crippen molar-refractivity contribution >= 4 is 0 Å². The van der Waals surface area contributed by atoms with Gasteiger partial charge in [-0.15, -0.1) is 0 Å². The van der Waals surface area contributed by atoms with Gasteiger partial charge in [-0.3, -0.25) is 5.84 Å². The lowest BCUT2D eigenvalue weighted by Gasteiger charge is -2.27. The van der Waals surface area contributed by atoms with E-state index in [2.05, 4.69) is 79.7 Å². The summed E-state index contributed by atoms with van der Waals surface area (Å²) in [4.78, 5) is 0. The molecular weight excluding hydrogens is 292 g/mol. The summed E-state index contributed by atoms with van der Waals surface area (Å²) in [7, 11) is 0. The SMILES string of the molecule is CCC(c1cccc(-c2ccccc2)c1)N(N)Cc1ccccc1. The Morgan fingerprint density at radius 1 is 0.792 bits per heavy atom. The van der Waals surface area contributed by atoms with Crippen molar-refractivity contribution in [2.45, 2.75) is 25.9 Å². The quantitative estimate of drug-likeness (QED) is 0.501. The zero-order valence-electron chi connectivity index (χ0n) is 14.1. The van der Waals surface area contributed by atoms with E-state index < -0.39 is 0 Å². The van der Waals surface area contributed by atoms with Crippen molar-refractivity contribution in [2.24, 2.45) is 5.84 Å². The maximum atomic E-state index is 6.41. The van der Waals surface area contributed by atoms with Gasteiger partial charge in [-0.2, -0.15) is 0 Å². The van der Waals surface area contributed by atoms with Crippen molar-refractivity contribution in [1.82, 2.24) is 5.01 Å². The molecule has 0 saturated carbocycles. The van der Waals surface area contributed by atoms with Crippen LogP contribution in [0.2, 0.25) is 0 Å². The molecule has 0 aromatic heterocycles. The second kappa shape index (κ2) is 7.91. The molecule has 2 nitrogen and oxygen atoms in total. The van der Waals surface area contributed by atoms with Crippen molar-refractivity contribution < 1.29 is 0 Å². The number of benzene rings is 3. The van der Waals surface area contributed by atoms with Gasteiger partial charge >= 0.3 is 0 Å². The Bertz CT molecular complexity index is 753. The number of hydrogen-bond acceptors (Lipinski definition) is 2. The van der Waals surface area contributed by atoms with Gasteiger partial charge in [0.25, 0.3) is 0 Å². The fraction of sp³-hybridized carbons (Fsp3) is 0.182. The number of hydrogen-bond donors (Lipinski definition) is 1. The first-order chi connectivity index (χ1) is 11.8. The maximum Gasteiger partial charge on any atom is 0.0491 e. The van der Waals surface area contributed by atoms with E-state index >= 15 is 0 Å². The first-order valence-electron chi connectivity index (χ1n) is 8.48. The minimum atomic E-state index is 0.203. The minimum absolute atomic E-state index is 0.203. The van der Waals surface area contributed by atoms with Gasteiger partial charge in [0.05, 0.1) is 0 Å². The molecule has 0 aliphatic carbocycles. The van der Waals surface area contributed by atoms with Gasteiger partial charge in [-0.25, -0.2) is 5.01 Å². The van der Waals surface area contributed by atoms with Gasteiger partial charge in [0.15, 0.2) is 0 Å². The van der Waals surface area contributed by atoms with Crippen molar-refractivity contribution in [3.8, 4) is 11.1 Å². The van der Waals surface area contributed by atoms with Crippen molar-refractivity contribution in [3.63, 3.8) is 0 Å². The molecule has 0 amide bonds. The highest BCUT2D eigenvalue weighted by Crippen LogP contribution is 2.27. The molecule has 0 heterocycles. The number of rotatable bonds is 6.